The lowest BCUT2D eigenvalue weighted by Crippen LogP contribution is -2.28. The molecule has 0 fully saturated rings. The Morgan fingerprint density at radius 3 is 2.53 bits per heavy atom. The fraction of sp³-hybridized carbons (Fsp3) is 0.143. The summed E-state index contributed by atoms with van der Waals surface area (Å²) in [5.41, 5.74) is 1.30. The van der Waals surface area contributed by atoms with Crippen LogP contribution in [0, 0.1) is 18.6 Å². The average molecular weight is 431 g/mol. The summed E-state index contributed by atoms with van der Waals surface area (Å²) in [5, 5.41) is 0. The second kappa shape index (κ2) is 8.58. The van der Waals surface area contributed by atoms with E-state index in [9.17, 15) is 22.0 Å². The third-order valence-corrected chi connectivity index (χ3v) is 5.86. The second-order valence-corrected chi connectivity index (χ2v) is 8.35. The molecule has 156 valence electrons. The molecule has 0 unspecified atom stereocenters. The summed E-state index contributed by atoms with van der Waals surface area (Å²) in [6.45, 7) is 1.70. The Labute approximate surface area is 173 Å². The van der Waals surface area contributed by atoms with E-state index in [0.717, 1.165) is 12.1 Å². The van der Waals surface area contributed by atoms with Crippen molar-refractivity contribution in [3.8, 4) is 0 Å². The first-order valence-corrected chi connectivity index (χ1v) is 10.4. The predicted octanol–water partition coefficient (Wildman–Crippen LogP) is 3.74. The minimum Gasteiger partial charge on any atom is -0.337 e. The van der Waals surface area contributed by atoms with Crippen molar-refractivity contribution in [2.24, 2.45) is 0 Å². The third-order valence-electron chi connectivity index (χ3n) is 4.44. The molecule has 0 saturated heterocycles. The van der Waals surface area contributed by atoms with Gasteiger partial charge in [-0.05, 0) is 48.4 Å². The summed E-state index contributed by atoms with van der Waals surface area (Å²) in [6.07, 6.45) is 2.92. The Morgan fingerprint density at radius 2 is 1.83 bits per heavy atom. The maximum Gasteiger partial charge on any atom is 0.262 e. The molecular weight excluding hydrogens is 412 g/mol. The number of benzene rings is 2. The van der Waals surface area contributed by atoms with Crippen molar-refractivity contribution in [2.75, 3.05) is 11.8 Å². The number of aromatic nitrogens is 1. The predicted molar refractivity (Wildman–Crippen MR) is 108 cm³/mol. The van der Waals surface area contributed by atoms with Crippen LogP contribution in [-0.4, -0.2) is 31.3 Å². The third kappa shape index (κ3) is 4.62. The van der Waals surface area contributed by atoms with Crippen molar-refractivity contribution >= 4 is 21.6 Å². The molecule has 0 aliphatic heterocycles. The van der Waals surface area contributed by atoms with Gasteiger partial charge in [-0.1, -0.05) is 18.2 Å². The minimum atomic E-state index is -4.08. The van der Waals surface area contributed by atoms with Crippen molar-refractivity contribution in [1.82, 2.24) is 9.88 Å². The molecule has 0 radical (unpaired) electrons. The summed E-state index contributed by atoms with van der Waals surface area (Å²) in [7, 11) is -2.63. The zero-order valence-corrected chi connectivity index (χ0v) is 17.1. The van der Waals surface area contributed by atoms with E-state index in [-0.39, 0.29) is 17.0 Å². The lowest BCUT2D eigenvalue weighted by Gasteiger charge is -2.20. The quantitative estimate of drug-likeness (QED) is 0.645. The molecular formula is C21H19F2N3O3S. The number of halogens is 2. The van der Waals surface area contributed by atoms with E-state index in [2.05, 4.69) is 9.71 Å². The number of carbonyl (C=O) groups excluding carboxylic acids is 1. The molecule has 1 heterocycles. The molecule has 1 aromatic heterocycles. The molecule has 6 nitrogen and oxygen atoms in total. The van der Waals surface area contributed by atoms with Crippen molar-refractivity contribution in [3.05, 3.63) is 89.2 Å². The van der Waals surface area contributed by atoms with Gasteiger partial charge in [-0.25, -0.2) is 17.2 Å². The molecule has 0 spiro atoms. The second-order valence-electron chi connectivity index (χ2n) is 6.70. The number of aryl methyl sites for hydroxylation is 1. The molecule has 30 heavy (non-hydrogen) atoms. The Hall–Kier alpha value is -3.33. The highest BCUT2D eigenvalue weighted by molar-refractivity contribution is 7.92. The molecule has 3 rings (SSSR count). The highest BCUT2D eigenvalue weighted by Crippen LogP contribution is 2.23. The van der Waals surface area contributed by atoms with E-state index >= 15 is 0 Å². The maximum absolute atomic E-state index is 13.4. The highest BCUT2D eigenvalue weighted by Gasteiger charge is 2.25. The minimum absolute atomic E-state index is 0.0282. The van der Waals surface area contributed by atoms with Crippen molar-refractivity contribution in [1.29, 1.82) is 0 Å². The summed E-state index contributed by atoms with van der Waals surface area (Å²) < 4.78 is 54.9. The number of rotatable bonds is 6. The van der Waals surface area contributed by atoms with E-state index in [0.29, 0.717) is 16.8 Å². The van der Waals surface area contributed by atoms with Crippen LogP contribution >= 0.6 is 0 Å². The van der Waals surface area contributed by atoms with Crippen LogP contribution in [0.2, 0.25) is 0 Å². The average Bonchev–Trinajstić information content (AvgIpc) is 2.72. The Balaban J connectivity index is 1.89. The van der Waals surface area contributed by atoms with Crippen LogP contribution in [0.5, 0.6) is 0 Å². The zero-order chi connectivity index (χ0) is 21.9. The molecule has 9 heteroatoms. The molecule has 1 N–H and O–H groups in total. The Morgan fingerprint density at radius 1 is 1.10 bits per heavy atom. The lowest BCUT2D eigenvalue weighted by atomic mass is 10.1. The van der Waals surface area contributed by atoms with Crippen LogP contribution in [0.15, 0.2) is 65.8 Å². The van der Waals surface area contributed by atoms with E-state index in [4.69, 9.17) is 0 Å². The largest absolute Gasteiger partial charge is 0.337 e. The Kier molecular flexibility index (Phi) is 6.12. The van der Waals surface area contributed by atoms with Crippen molar-refractivity contribution in [3.63, 3.8) is 0 Å². The molecule has 0 aliphatic carbocycles. The molecule has 0 saturated carbocycles. The van der Waals surface area contributed by atoms with Gasteiger partial charge in [0.2, 0.25) is 0 Å². The van der Waals surface area contributed by atoms with Gasteiger partial charge < -0.3 is 4.90 Å². The van der Waals surface area contributed by atoms with Gasteiger partial charge in [0.25, 0.3) is 15.9 Å². The van der Waals surface area contributed by atoms with Crippen LogP contribution < -0.4 is 4.72 Å². The SMILES string of the molecule is Cc1ccncc1NS(=O)(=O)c1ccccc1C(=O)N(C)Cc1ccc(F)c(F)c1. The van der Waals surface area contributed by atoms with Gasteiger partial charge in [-0.15, -0.1) is 0 Å². The first-order valence-electron chi connectivity index (χ1n) is 8.91. The van der Waals surface area contributed by atoms with Crippen molar-refractivity contribution < 1.29 is 22.0 Å². The van der Waals surface area contributed by atoms with E-state index in [1.165, 1.54) is 48.6 Å². The maximum atomic E-state index is 13.4. The zero-order valence-electron chi connectivity index (χ0n) is 16.3. The fourth-order valence-electron chi connectivity index (χ4n) is 2.84. The molecule has 0 bridgehead atoms. The van der Waals surface area contributed by atoms with Gasteiger partial charge >= 0.3 is 0 Å². The number of nitrogens with one attached hydrogen (secondary N) is 1. The molecule has 0 atom stereocenters. The van der Waals surface area contributed by atoms with Gasteiger partial charge in [0.05, 0.1) is 17.4 Å². The summed E-state index contributed by atoms with van der Waals surface area (Å²) in [4.78, 5) is 17.9. The normalized spacial score (nSPS) is 11.2. The monoisotopic (exact) mass is 431 g/mol. The number of anilines is 1. The summed E-state index contributed by atoms with van der Waals surface area (Å²) >= 11 is 0. The van der Waals surface area contributed by atoms with Crippen LogP contribution in [0.4, 0.5) is 14.5 Å². The number of carbonyl (C=O) groups is 1. The van der Waals surface area contributed by atoms with E-state index in [1.807, 2.05) is 0 Å². The van der Waals surface area contributed by atoms with Crippen molar-refractivity contribution in [2.45, 2.75) is 18.4 Å². The van der Waals surface area contributed by atoms with Crippen LogP contribution in [0.3, 0.4) is 0 Å². The van der Waals surface area contributed by atoms with Gasteiger partial charge in [0.15, 0.2) is 11.6 Å². The standard InChI is InChI=1S/C21H19F2N3O3S/c1-14-9-10-24-12-19(14)25-30(28,29)20-6-4-3-5-16(20)21(27)26(2)13-15-7-8-17(22)18(23)11-15/h3-12,25H,13H2,1-2H3. The summed E-state index contributed by atoms with van der Waals surface area (Å²) in [6, 6.07) is 10.8. The van der Waals surface area contributed by atoms with Gasteiger partial charge in [0, 0.05) is 19.8 Å². The van der Waals surface area contributed by atoms with Crippen LogP contribution in [-0.2, 0) is 16.6 Å². The highest BCUT2D eigenvalue weighted by atomic mass is 32.2. The number of hydrogen-bond donors (Lipinski definition) is 1. The topological polar surface area (TPSA) is 79.4 Å². The van der Waals surface area contributed by atoms with E-state index in [1.54, 1.807) is 19.1 Å². The first kappa shape index (κ1) is 21.4. The Bertz CT molecular complexity index is 1200. The van der Waals surface area contributed by atoms with E-state index < -0.39 is 27.6 Å². The number of amides is 1. The smallest absolute Gasteiger partial charge is 0.262 e. The fourth-order valence-corrected chi connectivity index (χ4v) is 4.15. The van der Waals surface area contributed by atoms with Crippen LogP contribution in [0.25, 0.3) is 0 Å². The number of hydrogen-bond acceptors (Lipinski definition) is 4. The van der Waals surface area contributed by atoms with Gasteiger partial charge in [0.1, 0.15) is 4.90 Å². The van der Waals surface area contributed by atoms with Crippen LogP contribution in [0.1, 0.15) is 21.5 Å². The number of pyridine rings is 1. The first-order chi connectivity index (χ1) is 14.2. The van der Waals surface area contributed by atoms with Gasteiger partial charge in [-0.2, -0.15) is 0 Å². The number of nitrogens with zero attached hydrogens (tertiary/aromatic N) is 2. The molecule has 1 amide bonds. The lowest BCUT2D eigenvalue weighted by molar-refractivity contribution is 0.0781. The van der Waals surface area contributed by atoms with Gasteiger partial charge in [-0.3, -0.25) is 14.5 Å². The number of sulfonamides is 1. The summed E-state index contributed by atoms with van der Waals surface area (Å²) in [5.74, 6) is -2.59. The molecule has 2 aromatic carbocycles. The molecule has 0 aliphatic rings. The molecule has 3 aromatic rings.